The number of thiophene rings is 1. The van der Waals surface area contributed by atoms with Crippen LogP contribution in [0.5, 0.6) is 0 Å². The maximum Gasteiger partial charge on any atom is 0.261 e. The van der Waals surface area contributed by atoms with E-state index in [0.29, 0.717) is 10.8 Å². The molecule has 1 aliphatic carbocycles. The molecule has 4 unspecified atom stereocenters. The Hall–Kier alpha value is 0.0500. The highest BCUT2D eigenvalue weighted by Crippen LogP contribution is 2.38. The van der Waals surface area contributed by atoms with Crippen LogP contribution in [0.2, 0.25) is 0 Å². The second-order valence-electron chi connectivity index (χ2n) is 4.95. The van der Waals surface area contributed by atoms with Gasteiger partial charge in [-0.2, -0.15) is 0 Å². The van der Waals surface area contributed by atoms with Gasteiger partial charge in [0, 0.05) is 23.0 Å². The number of hydrogen-bond donors (Lipinski definition) is 2. The number of hydrogen-bond acceptors (Lipinski definition) is 4. The summed E-state index contributed by atoms with van der Waals surface area (Å²) in [6.45, 7) is 0.774. The van der Waals surface area contributed by atoms with E-state index in [1.54, 1.807) is 0 Å². The van der Waals surface area contributed by atoms with Crippen molar-refractivity contribution >= 4 is 49.1 Å². The molecule has 104 valence electrons. The number of halogens is 2. The molecule has 0 bridgehead atoms. The minimum atomic E-state index is -0.0792. The molecule has 1 amide bonds. The number of rotatable bonds is 2. The second-order valence-corrected chi connectivity index (χ2v) is 8.17. The number of carbonyl (C=O) groups excluding carboxylic acids is 1. The van der Waals surface area contributed by atoms with Gasteiger partial charge in [-0.15, -0.1) is 11.3 Å². The highest BCUT2D eigenvalue weighted by molar-refractivity contribution is 9.13. The molecule has 1 aromatic rings. The van der Waals surface area contributed by atoms with Gasteiger partial charge in [-0.05, 0) is 50.8 Å². The fourth-order valence-corrected chi connectivity index (χ4v) is 4.75. The molecule has 1 aromatic heterocycles. The molecule has 1 saturated heterocycles. The summed E-state index contributed by atoms with van der Waals surface area (Å²) in [7, 11) is 0. The molecule has 19 heavy (non-hydrogen) atoms. The molecule has 2 fully saturated rings. The van der Waals surface area contributed by atoms with Crippen LogP contribution >= 0.6 is 43.2 Å². The lowest BCUT2D eigenvalue weighted by molar-refractivity contribution is -0.117. The lowest BCUT2D eigenvalue weighted by Crippen LogP contribution is -2.72. The molecule has 4 atom stereocenters. The maximum absolute atomic E-state index is 12.2. The van der Waals surface area contributed by atoms with Gasteiger partial charge < -0.3 is 15.8 Å². The second kappa shape index (κ2) is 5.44. The summed E-state index contributed by atoms with van der Waals surface area (Å²) in [4.78, 5) is 12.9. The molecular formula is C12H14Br2N2O2S. The van der Waals surface area contributed by atoms with E-state index in [0.717, 1.165) is 27.7 Å². The molecule has 2 heterocycles. The number of fused-ring (bicyclic) bond motifs is 1. The van der Waals surface area contributed by atoms with Crippen molar-refractivity contribution in [1.29, 1.82) is 0 Å². The van der Waals surface area contributed by atoms with Gasteiger partial charge in [0.1, 0.15) is 0 Å². The van der Waals surface area contributed by atoms with E-state index in [2.05, 4.69) is 37.2 Å². The minimum Gasteiger partial charge on any atom is -0.376 e. The Morgan fingerprint density at radius 2 is 2.32 bits per heavy atom. The first-order valence-corrected chi connectivity index (χ1v) is 8.61. The van der Waals surface area contributed by atoms with E-state index < -0.39 is 0 Å². The number of carbonyl (C=O) groups is 1. The molecule has 1 saturated carbocycles. The van der Waals surface area contributed by atoms with Gasteiger partial charge in [0.15, 0.2) is 0 Å². The third-order valence-electron chi connectivity index (χ3n) is 3.84. The topological polar surface area (TPSA) is 64.3 Å². The van der Waals surface area contributed by atoms with Crippen LogP contribution in [0.3, 0.4) is 0 Å². The van der Waals surface area contributed by atoms with E-state index in [1.165, 1.54) is 11.3 Å². The quantitative estimate of drug-likeness (QED) is 0.788. The van der Waals surface area contributed by atoms with Crippen LogP contribution in [0.15, 0.2) is 14.3 Å². The summed E-state index contributed by atoms with van der Waals surface area (Å²) in [5.74, 6) is 0.324. The van der Waals surface area contributed by atoms with Crippen LogP contribution in [0.25, 0.3) is 0 Å². The molecule has 0 radical (unpaired) electrons. The fraction of sp³-hybridized carbons (Fsp3) is 0.583. The van der Waals surface area contributed by atoms with Gasteiger partial charge in [0.05, 0.1) is 20.8 Å². The lowest BCUT2D eigenvalue weighted by Gasteiger charge is -2.52. The van der Waals surface area contributed by atoms with Crippen LogP contribution in [-0.4, -0.2) is 30.7 Å². The molecule has 2 aliphatic rings. The molecule has 0 spiro atoms. The molecule has 4 nitrogen and oxygen atoms in total. The van der Waals surface area contributed by atoms with Crippen LogP contribution in [0.4, 0.5) is 0 Å². The summed E-state index contributed by atoms with van der Waals surface area (Å²) in [6.07, 6.45) is 2.27. The molecule has 3 N–H and O–H groups in total. The average Bonchev–Trinajstić information content (AvgIpc) is 2.75. The monoisotopic (exact) mass is 408 g/mol. The van der Waals surface area contributed by atoms with Crippen molar-refractivity contribution in [2.75, 3.05) is 6.61 Å². The Kier molecular flexibility index (Phi) is 4.01. The van der Waals surface area contributed by atoms with E-state index in [9.17, 15) is 4.79 Å². The number of nitrogens with one attached hydrogen (secondary N) is 1. The maximum atomic E-state index is 12.2. The van der Waals surface area contributed by atoms with Crippen LogP contribution < -0.4 is 11.1 Å². The zero-order chi connectivity index (χ0) is 13.6. The molecular weight excluding hydrogens is 396 g/mol. The van der Waals surface area contributed by atoms with Crippen LogP contribution in [0.1, 0.15) is 22.5 Å². The summed E-state index contributed by atoms with van der Waals surface area (Å²) < 4.78 is 7.53. The van der Waals surface area contributed by atoms with E-state index in [1.807, 2.05) is 6.07 Å². The zero-order valence-electron chi connectivity index (χ0n) is 10.1. The smallest absolute Gasteiger partial charge is 0.261 e. The van der Waals surface area contributed by atoms with Crippen molar-refractivity contribution in [2.45, 2.75) is 31.0 Å². The third-order valence-corrected chi connectivity index (χ3v) is 7.10. The van der Waals surface area contributed by atoms with Gasteiger partial charge in [-0.1, -0.05) is 0 Å². The Morgan fingerprint density at radius 3 is 3.00 bits per heavy atom. The predicted molar refractivity (Wildman–Crippen MR) is 81.4 cm³/mol. The lowest BCUT2D eigenvalue weighted by atomic mass is 9.68. The average molecular weight is 410 g/mol. The van der Waals surface area contributed by atoms with Crippen molar-refractivity contribution in [3.05, 3.63) is 19.2 Å². The van der Waals surface area contributed by atoms with Crippen LogP contribution in [-0.2, 0) is 4.74 Å². The molecule has 3 rings (SSSR count). The standard InChI is InChI=1S/C12H14Br2N2O2S/c13-6-4-7(19-11(6)14)12(17)16-9-8(15)5-2-1-3-18-10(5)9/h4-5,8-10H,1-3,15H2,(H,16,17). The van der Waals surface area contributed by atoms with Gasteiger partial charge in [-0.25, -0.2) is 0 Å². The first-order chi connectivity index (χ1) is 9.08. The van der Waals surface area contributed by atoms with Crippen molar-refractivity contribution < 1.29 is 9.53 Å². The van der Waals surface area contributed by atoms with Gasteiger partial charge in [-0.3, -0.25) is 4.79 Å². The highest BCUT2D eigenvalue weighted by atomic mass is 79.9. The number of amides is 1. The third kappa shape index (κ3) is 2.51. The highest BCUT2D eigenvalue weighted by Gasteiger charge is 2.51. The van der Waals surface area contributed by atoms with Crippen molar-refractivity contribution in [1.82, 2.24) is 5.32 Å². The van der Waals surface area contributed by atoms with Crippen molar-refractivity contribution in [2.24, 2.45) is 11.7 Å². The summed E-state index contributed by atoms with van der Waals surface area (Å²) in [5, 5.41) is 3.00. The minimum absolute atomic E-state index is 0.0149. The summed E-state index contributed by atoms with van der Waals surface area (Å²) >= 11 is 8.18. The zero-order valence-corrected chi connectivity index (χ0v) is 14.1. The normalized spacial score (nSPS) is 33.4. The SMILES string of the molecule is NC1C2CCCOC2C1NC(=O)c1cc(Br)c(Br)s1. The van der Waals surface area contributed by atoms with E-state index in [-0.39, 0.29) is 24.1 Å². The summed E-state index contributed by atoms with van der Waals surface area (Å²) in [5.41, 5.74) is 6.13. The van der Waals surface area contributed by atoms with Crippen LogP contribution in [0, 0.1) is 5.92 Å². The Labute approximate surface area is 132 Å². The first-order valence-electron chi connectivity index (χ1n) is 6.21. The molecule has 7 heteroatoms. The van der Waals surface area contributed by atoms with Gasteiger partial charge >= 0.3 is 0 Å². The van der Waals surface area contributed by atoms with Gasteiger partial charge in [0.2, 0.25) is 0 Å². The number of ether oxygens (including phenoxy) is 1. The van der Waals surface area contributed by atoms with Crippen molar-refractivity contribution in [3.63, 3.8) is 0 Å². The predicted octanol–water partition coefficient (Wildman–Crippen LogP) is 2.51. The largest absolute Gasteiger partial charge is 0.376 e. The van der Waals surface area contributed by atoms with E-state index >= 15 is 0 Å². The molecule has 0 aromatic carbocycles. The fourth-order valence-electron chi connectivity index (χ4n) is 2.81. The number of nitrogens with two attached hydrogens (primary N) is 1. The first kappa shape index (κ1) is 14.0. The molecule has 1 aliphatic heterocycles. The van der Waals surface area contributed by atoms with E-state index in [4.69, 9.17) is 10.5 Å². The Balaban J connectivity index is 1.66. The Bertz CT molecular complexity index is 488. The van der Waals surface area contributed by atoms with Crippen molar-refractivity contribution in [3.8, 4) is 0 Å². The van der Waals surface area contributed by atoms with Gasteiger partial charge in [0.25, 0.3) is 5.91 Å². The Morgan fingerprint density at radius 1 is 1.53 bits per heavy atom. The summed E-state index contributed by atoms with van der Waals surface area (Å²) in [6, 6.07) is 1.77.